The number of ether oxygens (including phenoxy) is 2. The number of benzene rings is 2. The van der Waals surface area contributed by atoms with Crippen LogP contribution in [0.5, 0.6) is 11.5 Å². The lowest BCUT2D eigenvalue weighted by atomic mass is 9.91. The van der Waals surface area contributed by atoms with Gasteiger partial charge in [-0.05, 0) is 74.4 Å². The Morgan fingerprint density at radius 3 is 2.81 bits per heavy atom. The van der Waals surface area contributed by atoms with E-state index in [0.717, 1.165) is 29.9 Å². The van der Waals surface area contributed by atoms with Gasteiger partial charge in [-0.2, -0.15) is 0 Å². The van der Waals surface area contributed by atoms with Gasteiger partial charge < -0.3 is 14.8 Å². The third-order valence-electron chi connectivity index (χ3n) is 4.69. The summed E-state index contributed by atoms with van der Waals surface area (Å²) in [7, 11) is 0. The van der Waals surface area contributed by atoms with Crippen LogP contribution in [0.25, 0.3) is 0 Å². The number of rotatable bonds is 7. The van der Waals surface area contributed by atoms with Gasteiger partial charge in [-0.3, -0.25) is 4.79 Å². The van der Waals surface area contributed by atoms with Gasteiger partial charge in [0, 0.05) is 0 Å². The van der Waals surface area contributed by atoms with Crippen LogP contribution in [0.15, 0.2) is 42.5 Å². The lowest BCUT2D eigenvalue weighted by molar-refractivity contribution is -0.127. The van der Waals surface area contributed by atoms with Gasteiger partial charge in [0.05, 0.1) is 6.54 Å². The number of hydrogen-bond donors (Lipinski definition) is 1. The molecular weight excluding hydrogens is 326 g/mol. The molecule has 4 nitrogen and oxygen atoms in total. The molecule has 1 atom stereocenters. The monoisotopic (exact) mass is 353 g/mol. The number of aryl methyl sites for hydroxylation is 2. The molecule has 0 bridgehead atoms. The molecular formula is C22H27NO3. The van der Waals surface area contributed by atoms with E-state index in [-0.39, 0.29) is 5.91 Å². The maximum atomic E-state index is 12.3. The fraction of sp³-hybridized carbons (Fsp3) is 0.409. The fourth-order valence-corrected chi connectivity index (χ4v) is 3.29. The highest BCUT2D eigenvalue weighted by Gasteiger charge is 2.19. The highest BCUT2D eigenvalue weighted by atomic mass is 16.5. The van der Waals surface area contributed by atoms with E-state index in [1.54, 1.807) is 6.92 Å². The summed E-state index contributed by atoms with van der Waals surface area (Å²) in [6, 6.07) is 14.0. The van der Waals surface area contributed by atoms with Crippen LogP contribution < -0.4 is 14.8 Å². The van der Waals surface area contributed by atoms with Crippen molar-refractivity contribution in [1.82, 2.24) is 5.32 Å². The molecule has 0 saturated carbocycles. The Kier molecular flexibility index (Phi) is 6.16. The minimum absolute atomic E-state index is 0.119. The molecule has 0 aromatic heterocycles. The van der Waals surface area contributed by atoms with Gasteiger partial charge in [-0.1, -0.05) is 24.3 Å². The molecule has 4 heteroatoms. The van der Waals surface area contributed by atoms with E-state index in [0.29, 0.717) is 13.2 Å². The SMILES string of the molecule is Cc1cccc(OCCNC(=O)[C@@H](C)Oc2cccc3c2CCCC3)c1. The Morgan fingerprint density at radius 1 is 1.15 bits per heavy atom. The third-order valence-corrected chi connectivity index (χ3v) is 4.69. The number of fused-ring (bicyclic) bond motifs is 1. The number of nitrogens with one attached hydrogen (secondary N) is 1. The van der Waals surface area contributed by atoms with Crippen LogP contribution in [-0.4, -0.2) is 25.2 Å². The zero-order valence-electron chi connectivity index (χ0n) is 15.6. The van der Waals surface area contributed by atoms with Crippen LogP contribution in [0.2, 0.25) is 0 Å². The van der Waals surface area contributed by atoms with Crippen LogP contribution in [-0.2, 0) is 17.6 Å². The van der Waals surface area contributed by atoms with Crippen molar-refractivity contribution in [2.24, 2.45) is 0 Å². The van der Waals surface area contributed by atoms with Crippen molar-refractivity contribution in [3.8, 4) is 11.5 Å². The van der Waals surface area contributed by atoms with Crippen molar-refractivity contribution in [3.63, 3.8) is 0 Å². The zero-order chi connectivity index (χ0) is 18.4. The molecule has 0 aliphatic heterocycles. The van der Waals surface area contributed by atoms with E-state index in [1.165, 1.54) is 24.0 Å². The van der Waals surface area contributed by atoms with Gasteiger partial charge >= 0.3 is 0 Å². The summed E-state index contributed by atoms with van der Waals surface area (Å²) in [5.41, 5.74) is 3.77. The Bertz CT molecular complexity index is 757. The molecule has 1 amide bonds. The van der Waals surface area contributed by atoms with E-state index in [2.05, 4.69) is 11.4 Å². The first-order chi connectivity index (χ1) is 12.6. The molecule has 1 aliphatic carbocycles. The first-order valence-electron chi connectivity index (χ1n) is 9.38. The van der Waals surface area contributed by atoms with Gasteiger partial charge in [0.1, 0.15) is 18.1 Å². The molecule has 0 fully saturated rings. The molecule has 1 N–H and O–H groups in total. The second kappa shape index (κ2) is 8.75. The summed E-state index contributed by atoms with van der Waals surface area (Å²) in [5, 5.41) is 2.88. The van der Waals surface area contributed by atoms with Gasteiger partial charge in [0.2, 0.25) is 0 Å². The van der Waals surface area contributed by atoms with Crippen LogP contribution in [0.3, 0.4) is 0 Å². The quantitative estimate of drug-likeness (QED) is 0.770. The summed E-state index contributed by atoms with van der Waals surface area (Å²) >= 11 is 0. The largest absolute Gasteiger partial charge is 0.492 e. The molecule has 3 rings (SSSR count). The fourth-order valence-electron chi connectivity index (χ4n) is 3.29. The van der Waals surface area contributed by atoms with E-state index < -0.39 is 6.10 Å². The number of carbonyl (C=O) groups excluding carboxylic acids is 1. The molecule has 0 radical (unpaired) electrons. The highest BCUT2D eigenvalue weighted by molar-refractivity contribution is 5.80. The van der Waals surface area contributed by atoms with E-state index in [9.17, 15) is 4.79 Å². The minimum atomic E-state index is -0.526. The summed E-state index contributed by atoms with van der Waals surface area (Å²) in [6.07, 6.45) is 4.02. The predicted molar refractivity (Wildman–Crippen MR) is 103 cm³/mol. The Labute approximate surface area is 155 Å². The second-order valence-electron chi connectivity index (χ2n) is 6.82. The van der Waals surface area contributed by atoms with Crippen molar-refractivity contribution in [2.75, 3.05) is 13.2 Å². The molecule has 0 unspecified atom stereocenters. The van der Waals surface area contributed by atoms with Gasteiger partial charge in [-0.15, -0.1) is 0 Å². The minimum Gasteiger partial charge on any atom is -0.492 e. The molecule has 2 aromatic rings. The molecule has 2 aromatic carbocycles. The van der Waals surface area contributed by atoms with Crippen molar-refractivity contribution in [1.29, 1.82) is 0 Å². The van der Waals surface area contributed by atoms with Crippen LogP contribution in [0.4, 0.5) is 0 Å². The lowest BCUT2D eigenvalue weighted by Gasteiger charge is -2.22. The molecule has 26 heavy (non-hydrogen) atoms. The van der Waals surface area contributed by atoms with E-state index in [1.807, 2.05) is 43.3 Å². The number of carbonyl (C=O) groups is 1. The zero-order valence-corrected chi connectivity index (χ0v) is 15.6. The molecule has 0 spiro atoms. The third kappa shape index (κ3) is 4.78. The average Bonchev–Trinajstić information content (AvgIpc) is 2.65. The summed E-state index contributed by atoms with van der Waals surface area (Å²) in [4.78, 5) is 12.3. The van der Waals surface area contributed by atoms with Gasteiger partial charge in [-0.25, -0.2) is 0 Å². The Balaban J connectivity index is 1.46. The summed E-state index contributed by atoms with van der Waals surface area (Å²) in [6.45, 7) is 4.70. The maximum absolute atomic E-state index is 12.3. The molecule has 1 aliphatic rings. The molecule has 0 saturated heterocycles. The van der Waals surface area contributed by atoms with Crippen molar-refractivity contribution in [3.05, 3.63) is 59.2 Å². The summed E-state index contributed by atoms with van der Waals surface area (Å²) < 4.78 is 11.6. The predicted octanol–water partition coefficient (Wildman–Crippen LogP) is 3.84. The second-order valence-corrected chi connectivity index (χ2v) is 6.82. The Morgan fingerprint density at radius 2 is 1.96 bits per heavy atom. The first-order valence-corrected chi connectivity index (χ1v) is 9.38. The van der Waals surface area contributed by atoms with Crippen molar-refractivity contribution >= 4 is 5.91 Å². The number of hydrogen-bond acceptors (Lipinski definition) is 3. The highest BCUT2D eigenvalue weighted by Crippen LogP contribution is 2.30. The Hall–Kier alpha value is -2.49. The van der Waals surface area contributed by atoms with Gasteiger partial charge in [0.15, 0.2) is 6.10 Å². The summed E-state index contributed by atoms with van der Waals surface area (Å²) in [5.74, 6) is 1.55. The topological polar surface area (TPSA) is 47.6 Å². The van der Waals surface area contributed by atoms with Crippen molar-refractivity contribution < 1.29 is 14.3 Å². The van der Waals surface area contributed by atoms with Crippen molar-refractivity contribution in [2.45, 2.75) is 45.6 Å². The van der Waals surface area contributed by atoms with E-state index in [4.69, 9.17) is 9.47 Å². The molecule has 0 heterocycles. The van der Waals surface area contributed by atoms with Crippen LogP contribution in [0.1, 0.15) is 36.5 Å². The first kappa shape index (κ1) is 18.3. The van der Waals surface area contributed by atoms with Crippen LogP contribution >= 0.6 is 0 Å². The van der Waals surface area contributed by atoms with Gasteiger partial charge in [0.25, 0.3) is 5.91 Å². The normalized spacial score (nSPS) is 14.2. The van der Waals surface area contributed by atoms with E-state index >= 15 is 0 Å². The molecule has 138 valence electrons. The maximum Gasteiger partial charge on any atom is 0.260 e. The number of amides is 1. The average molecular weight is 353 g/mol. The smallest absolute Gasteiger partial charge is 0.260 e. The van der Waals surface area contributed by atoms with Crippen LogP contribution in [0, 0.1) is 6.92 Å². The standard InChI is InChI=1S/C22H27NO3/c1-16-7-5-10-19(15-16)25-14-13-23-22(24)17(2)26-21-12-6-9-18-8-3-4-11-20(18)21/h5-7,9-10,12,15,17H,3-4,8,11,13-14H2,1-2H3,(H,23,24)/t17-/m1/s1. The lowest BCUT2D eigenvalue weighted by Crippen LogP contribution is -2.38.